The molecule has 0 aromatic heterocycles. The number of hydrogen-bond acceptors (Lipinski definition) is 2. The fourth-order valence-corrected chi connectivity index (χ4v) is 5.14. The molecule has 0 aliphatic rings. The van der Waals surface area contributed by atoms with Crippen molar-refractivity contribution in [2.45, 2.75) is 38.7 Å². The van der Waals surface area contributed by atoms with Gasteiger partial charge in [-0.1, -0.05) is 68.3 Å². The van der Waals surface area contributed by atoms with Gasteiger partial charge in [0.05, 0.1) is 16.7 Å². The maximum atomic E-state index is 15.1. The number of hydrogen-bond donors (Lipinski definition) is 0. The van der Waals surface area contributed by atoms with Gasteiger partial charge < -0.3 is 4.74 Å². The molecule has 0 aliphatic heterocycles. The summed E-state index contributed by atoms with van der Waals surface area (Å²) >= 11 is 0. The third-order valence-corrected chi connectivity index (χ3v) is 7.56. The first-order valence-corrected chi connectivity index (χ1v) is 14.5. The average molecular weight is 634 g/mol. The van der Waals surface area contributed by atoms with Crippen LogP contribution in [-0.4, -0.2) is 0 Å². The van der Waals surface area contributed by atoms with Crippen LogP contribution in [0.5, 0.6) is 5.75 Å². The highest BCUT2D eigenvalue weighted by Crippen LogP contribution is 2.38. The minimum Gasteiger partial charge on any atom is -0.429 e. The van der Waals surface area contributed by atoms with Crippen molar-refractivity contribution in [3.8, 4) is 45.2 Å². The fourth-order valence-electron chi connectivity index (χ4n) is 5.14. The lowest BCUT2D eigenvalue weighted by atomic mass is 9.97. The Hall–Kier alpha value is -5.10. The van der Waals surface area contributed by atoms with Crippen LogP contribution >= 0.6 is 0 Å². The van der Waals surface area contributed by atoms with E-state index < -0.39 is 52.1 Å². The summed E-state index contributed by atoms with van der Waals surface area (Å²) < 4.78 is 108. The van der Waals surface area contributed by atoms with Crippen LogP contribution in [0.4, 0.5) is 30.7 Å². The Labute approximate surface area is 261 Å². The van der Waals surface area contributed by atoms with E-state index in [1.807, 2.05) is 24.3 Å². The lowest BCUT2D eigenvalue weighted by Gasteiger charge is -2.20. The summed E-state index contributed by atoms with van der Waals surface area (Å²) in [6, 6.07) is 19.9. The van der Waals surface area contributed by atoms with E-state index in [4.69, 9.17) is 5.26 Å². The molecule has 5 aromatic carbocycles. The minimum absolute atomic E-state index is 0.0107. The topological polar surface area (TPSA) is 33.0 Å². The molecule has 0 unspecified atom stereocenters. The van der Waals surface area contributed by atoms with Crippen molar-refractivity contribution in [2.24, 2.45) is 0 Å². The second-order valence-corrected chi connectivity index (χ2v) is 10.7. The number of nitriles is 1. The molecule has 0 spiro atoms. The van der Waals surface area contributed by atoms with Crippen LogP contribution in [0.1, 0.15) is 42.9 Å². The first-order valence-electron chi connectivity index (χ1n) is 14.5. The van der Waals surface area contributed by atoms with Gasteiger partial charge in [0.15, 0.2) is 0 Å². The van der Waals surface area contributed by atoms with Crippen molar-refractivity contribution in [1.82, 2.24) is 0 Å². The minimum atomic E-state index is -4.38. The van der Waals surface area contributed by atoms with Gasteiger partial charge in [-0.3, -0.25) is 0 Å². The van der Waals surface area contributed by atoms with Crippen molar-refractivity contribution in [1.29, 1.82) is 5.26 Å². The Kier molecular flexibility index (Phi) is 9.47. The fraction of sp³-hybridized carbons (Fsp3) is 0.162. The van der Waals surface area contributed by atoms with E-state index >= 15 is 17.6 Å². The monoisotopic (exact) mass is 633 g/mol. The molecular formula is C37H26F7NO. The largest absolute Gasteiger partial charge is 0.429 e. The van der Waals surface area contributed by atoms with Crippen LogP contribution in [0.3, 0.4) is 0 Å². The summed E-state index contributed by atoms with van der Waals surface area (Å²) in [5, 5.41) is 8.84. The molecular weight excluding hydrogens is 607 g/mol. The summed E-state index contributed by atoms with van der Waals surface area (Å²) in [5.74, 6) is -6.82. The van der Waals surface area contributed by atoms with Gasteiger partial charge in [0.25, 0.3) is 0 Å². The van der Waals surface area contributed by atoms with Gasteiger partial charge >= 0.3 is 6.11 Å². The zero-order valence-corrected chi connectivity index (χ0v) is 24.5. The maximum Gasteiger partial charge on any atom is 0.429 e. The van der Waals surface area contributed by atoms with Crippen molar-refractivity contribution < 1.29 is 35.5 Å². The molecule has 0 saturated carbocycles. The summed E-state index contributed by atoms with van der Waals surface area (Å²) in [5.41, 5.74) is -0.0811. The predicted molar refractivity (Wildman–Crippen MR) is 161 cm³/mol. The van der Waals surface area contributed by atoms with E-state index in [0.717, 1.165) is 61.6 Å². The van der Waals surface area contributed by atoms with Gasteiger partial charge in [0, 0.05) is 17.7 Å². The van der Waals surface area contributed by atoms with Crippen molar-refractivity contribution in [3.63, 3.8) is 0 Å². The lowest BCUT2D eigenvalue weighted by molar-refractivity contribution is -0.187. The standard InChI is InChI=1S/C37H26F7NO/c1-2-3-4-5-22-6-8-23(9-7-22)24-12-14-29(32(39)16-24)25-13-15-30(33(40)17-25)37(43,44)46-28-19-34(41)36(35(42)20-28)26-10-11-27(21-45)31(38)18-26/h6-20H,2-5H2,1H3. The molecule has 2 nitrogen and oxygen atoms in total. The molecule has 0 radical (unpaired) electrons. The molecule has 0 N–H and O–H groups in total. The van der Waals surface area contributed by atoms with Gasteiger partial charge in [-0.05, 0) is 71.0 Å². The van der Waals surface area contributed by atoms with E-state index in [-0.39, 0.29) is 22.3 Å². The average Bonchev–Trinajstić information content (AvgIpc) is 3.01. The maximum absolute atomic E-state index is 15.1. The van der Waals surface area contributed by atoms with E-state index in [1.165, 1.54) is 17.7 Å². The molecule has 0 heterocycles. The number of aryl methyl sites for hydroxylation is 1. The third kappa shape index (κ3) is 6.91. The number of nitrogens with zero attached hydrogens (tertiary/aromatic N) is 1. The lowest BCUT2D eigenvalue weighted by Crippen LogP contribution is -2.23. The molecule has 0 atom stereocenters. The van der Waals surface area contributed by atoms with Gasteiger partial charge in [-0.15, -0.1) is 0 Å². The van der Waals surface area contributed by atoms with Crippen LogP contribution in [-0.2, 0) is 12.5 Å². The van der Waals surface area contributed by atoms with Crippen LogP contribution in [0.2, 0.25) is 0 Å². The predicted octanol–water partition coefficient (Wildman–Crippen LogP) is 11.1. The number of rotatable bonds is 10. The molecule has 234 valence electrons. The zero-order valence-electron chi connectivity index (χ0n) is 24.5. The SMILES string of the molecule is CCCCCc1ccc(-c2ccc(-c3ccc(C(F)(F)Oc4cc(F)c(-c5ccc(C#N)c(F)c5)c(F)c4)c(F)c3)c(F)c2)cc1. The van der Waals surface area contributed by atoms with E-state index in [9.17, 15) is 13.2 Å². The second kappa shape index (κ2) is 13.5. The molecule has 9 heteroatoms. The van der Waals surface area contributed by atoms with Gasteiger partial charge in [0.1, 0.15) is 40.9 Å². The molecule has 0 aliphatic carbocycles. The van der Waals surface area contributed by atoms with Crippen LogP contribution in [0.15, 0.2) is 91.0 Å². The summed E-state index contributed by atoms with van der Waals surface area (Å²) in [6.45, 7) is 2.13. The molecule has 5 rings (SSSR count). The Bertz CT molecular complexity index is 1910. The molecule has 5 aromatic rings. The summed E-state index contributed by atoms with van der Waals surface area (Å²) in [7, 11) is 0. The van der Waals surface area contributed by atoms with Gasteiger partial charge in [0.2, 0.25) is 0 Å². The molecule has 46 heavy (non-hydrogen) atoms. The van der Waals surface area contributed by atoms with Crippen LogP contribution < -0.4 is 4.74 Å². The number of ether oxygens (including phenoxy) is 1. The molecule has 0 fully saturated rings. The Balaban J connectivity index is 1.34. The molecule has 0 bridgehead atoms. The second-order valence-electron chi connectivity index (χ2n) is 10.7. The van der Waals surface area contributed by atoms with Crippen molar-refractivity contribution in [2.75, 3.05) is 0 Å². The smallest absolute Gasteiger partial charge is 0.429 e. The highest BCUT2D eigenvalue weighted by molar-refractivity contribution is 5.71. The van der Waals surface area contributed by atoms with E-state index in [0.29, 0.717) is 23.8 Å². The summed E-state index contributed by atoms with van der Waals surface area (Å²) in [6.07, 6.45) is -0.0807. The Morgan fingerprint density at radius 3 is 1.85 bits per heavy atom. The first-order chi connectivity index (χ1) is 22.0. The molecule has 0 amide bonds. The van der Waals surface area contributed by atoms with Gasteiger partial charge in [-0.25, -0.2) is 22.0 Å². The van der Waals surface area contributed by atoms with Gasteiger partial charge in [-0.2, -0.15) is 14.0 Å². The van der Waals surface area contributed by atoms with Crippen LogP contribution in [0, 0.1) is 40.4 Å². The zero-order chi connectivity index (χ0) is 33.0. The Morgan fingerprint density at radius 2 is 1.24 bits per heavy atom. The van der Waals surface area contributed by atoms with Crippen molar-refractivity contribution >= 4 is 0 Å². The number of benzene rings is 5. The van der Waals surface area contributed by atoms with Crippen molar-refractivity contribution in [3.05, 3.63) is 137 Å². The molecule has 0 saturated heterocycles. The summed E-state index contributed by atoms with van der Waals surface area (Å²) in [4.78, 5) is 0. The van der Waals surface area contributed by atoms with E-state index in [2.05, 4.69) is 11.7 Å². The number of alkyl halides is 2. The Morgan fingerprint density at radius 1 is 0.630 bits per heavy atom. The number of unbranched alkanes of at least 4 members (excludes halogenated alkanes) is 2. The normalized spacial score (nSPS) is 11.4. The first kappa shape index (κ1) is 32.3. The highest BCUT2D eigenvalue weighted by Gasteiger charge is 2.38. The quantitative estimate of drug-likeness (QED) is 0.113. The van der Waals surface area contributed by atoms with E-state index in [1.54, 1.807) is 12.1 Å². The highest BCUT2D eigenvalue weighted by atomic mass is 19.3. The number of halogens is 7. The third-order valence-electron chi connectivity index (χ3n) is 7.56. The van der Waals surface area contributed by atoms with Crippen LogP contribution in [0.25, 0.3) is 33.4 Å².